The molecule has 4 heteroatoms. The molecule has 4 nitrogen and oxygen atoms in total. The van der Waals surface area contributed by atoms with Crippen LogP contribution in [0.5, 0.6) is 0 Å². The van der Waals surface area contributed by atoms with E-state index in [4.69, 9.17) is 4.74 Å². The molecule has 0 aromatic heterocycles. The molecule has 0 fully saturated rings. The molecule has 0 aromatic rings. The van der Waals surface area contributed by atoms with Crippen molar-refractivity contribution in [3.05, 3.63) is 0 Å². The summed E-state index contributed by atoms with van der Waals surface area (Å²) in [7, 11) is 0. The predicted octanol–water partition coefficient (Wildman–Crippen LogP) is 2.70. The van der Waals surface area contributed by atoms with Crippen LogP contribution in [0.3, 0.4) is 0 Å². The van der Waals surface area contributed by atoms with E-state index in [0.717, 1.165) is 0 Å². The van der Waals surface area contributed by atoms with Gasteiger partial charge in [-0.3, -0.25) is 0 Å². The van der Waals surface area contributed by atoms with Crippen LogP contribution < -0.4 is 5.32 Å². The highest BCUT2D eigenvalue weighted by atomic mass is 16.6. The molecule has 0 saturated heterocycles. The van der Waals surface area contributed by atoms with Crippen molar-refractivity contribution in [2.75, 3.05) is 0 Å². The van der Waals surface area contributed by atoms with Crippen molar-refractivity contribution in [3.8, 4) is 0 Å². The number of nitrogens with one attached hydrogen (secondary N) is 1. The second-order valence-electron chi connectivity index (χ2n) is 6.51. The molecule has 1 atom stereocenters. The van der Waals surface area contributed by atoms with Crippen LogP contribution in [0.15, 0.2) is 0 Å². The molecule has 0 spiro atoms. The number of hydrogen-bond acceptors (Lipinski definition) is 3. The Kier molecular flexibility index (Phi) is 5.46. The number of hydrogen-bond donors (Lipinski definition) is 2. The van der Waals surface area contributed by atoms with Crippen LogP contribution in [0.1, 0.15) is 54.9 Å². The Bertz CT molecular complexity index is 248. The Morgan fingerprint density at radius 3 is 2.00 bits per heavy atom. The zero-order valence-corrected chi connectivity index (χ0v) is 12.1. The minimum Gasteiger partial charge on any atom is -0.444 e. The molecule has 17 heavy (non-hydrogen) atoms. The van der Waals surface area contributed by atoms with Crippen LogP contribution >= 0.6 is 0 Å². The van der Waals surface area contributed by atoms with E-state index in [1.54, 1.807) is 13.8 Å². The molecule has 0 aliphatic heterocycles. The molecule has 0 aliphatic carbocycles. The second-order valence-corrected chi connectivity index (χ2v) is 6.51. The first kappa shape index (κ1) is 16.2. The highest BCUT2D eigenvalue weighted by Gasteiger charge is 2.26. The van der Waals surface area contributed by atoms with Gasteiger partial charge in [0.15, 0.2) is 0 Å². The van der Waals surface area contributed by atoms with E-state index in [2.05, 4.69) is 5.32 Å². The molecule has 0 saturated carbocycles. The summed E-state index contributed by atoms with van der Waals surface area (Å²) in [5.41, 5.74) is -1.30. The molecule has 0 aromatic carbocycles. The predicted molar refractivity (Wildman–Crippen MR) is 68.9 cm³/mol. The van der Waals surface area contributed by atoms with Crippen LogP contribution in [-0.4, -0.2) is 28.4 Å². The maximum atomic E-state index is 11.6. The van der Waals surface area contributed by atoms with Gasteiger partial charge >= 0.3 is 6.09 Å². The smallest absolute Gasteiger partial charge is 0.407 e. The van der Waals surface area contributed by atoms with Crippen LogP contribution in [0.4, 0.5) is 4.79 Å². The standard InChI is InChI=1S/C13H27NO3/c1-9(2)10(8-13(6,7)16)14-11(15)17-12(3,4)5/h9-10,16H,8H2,1-7H3,(H,14,15)/t10-/m1/s1. The fraction of sp³-hybridized carbons (Fsp3) is 0.923. The maximum Gasteiger partial charge on any atom is 0.407 e. The van der Waals surface area contributed by atoms with Gasteiger partial charge in [0.05, 0.1) is 5.60 Å². The van der Waals surface area contributed by atoms with E-state index in [1.165, 1.54) is 0 Å². The highest BCUT2D eigenvalue weighted by molar-refractivity contribution is 5.68. The average Bonchev–Trinajstić information content (AvgIpc) is 1.95. The Morgan fingerprint density at radius 1 is 1.24 bits per heavy atom. The number of aliphatic hydroxyl groups is 1. The second kappa shape index (κ2) is 5.71. The number of amides is 1. The van der Waals surface area contributed by atoms with Crippen molar-refractivity contribution < 1.29 is 14.6 Å². The Hall–Kier alpha value is -0.770. The van der Waals surface area contributed by atoms with Crippen molar-refractivity contribution in [1.29, 1.82) is 0 Å². The summed E-state index contributed by atoms with van der Waals surface area (Å²) in [5, 5.41) is 12.6. The molecular formula is C13H27NO3. The Morgan fingerprint density at radius 2 is 1.71 bits per heavy atom. The fourth-order valence-corrected chi connectivity index (χ4v) is 1.45. The lowest BCUT2D eigenvalue weighted by atomic mass is 9.92. The van der Waals surface area contributed by atoms with Gasteiger partial charge in [0.2, 0.25) is 0 Å². The summed E-state index contributed by atoms with van der Waals surface area (Å²) in [4.78, 5) is 11.6. The Labute approximate surface area is 105 Å². The lowest BCUT2D eigenvalue weighted by molar-refractivity contribution is 0.0344. The highest BCUT2D eigenvalue weighted by Crippen LogP contribution is 2.17. The summed E-state index contributed by atoms with van der Waals surface area (Å²) in [6.45, 7) is 13.0. The van der Waals surface area contributed by atoms with Crippen molar-refractivity contribution >= 4 is 6.09 Å². The van der Waals surface area contributed by atoms with Gasteiger partial charge in [0.1, 0.15) is 5.60 Å². The first-order chi connectivity index (χ1) is 7.41. The van der Waals surface area contributed by atoms with Gasteiger partial charge in [-0.1, -0.05) is 13.8 Å². The van der Waals surface area contributed by atoms with E-state index in [9.17, 15) is 9.90 Å². The van der Waals surface area contributed by atoms with Crippen LogP contribution in [-0.2, 0) is 4.74 Å². The van der Waals surface area contributed by atoms with Gasteiger partial charge in [-0.2, -0.15) is 0 Å². The molecule has 0 radical (unpaired) electrons. The minimum absolute atomic E-state index is 0.0927. The van der Waals surface area contributed by atoms with Crippen LogP contribution in [0.25, 0.3) is 0 Å². The van der Waals surface area contributed by atoms with Crippen molar-refractivity contribution in [2.24, 2.45) is 5.92 Å². The van der Waals surface area contributed by atoms with E-state index in [-0.39, 0.29) is 12.0 Å². The van der Waals surface area contributed by atoms with Gasteiger partial charge in [-0.25, -0.2) is 4.79 Å². The first-order valence-corrected chi connectivity index (χ1v) is 6.12. The lowest BCUT2D eigenvalue weighted by Gasteiger charge is -2.29. The van der Waals surface area contributed by atoms with Crippen molar-refractivity contribution in [1.82, 2.24) is 5.32 Å². The van der Waals surface area contributed by atoms with Gasteiger partial charge in [-0.05, 0) is 47.0 Å². The van der Waals surface area contributed by atoms with Gasteiger partial charge in [0.25, 0.3) is 0 Å². The van der Waals surface area contributed by atoms with Crippen molar-refractivity contribution in [3.63, 3.8) is 0 Å². The van der Waals surface area contributed by atoms with E-state index < -0.39 is 17.3 Å². The van der Waals surface area contributed by atoms with Crippen LogP contribution in [0, 0.1) is 5.92 Å². The summed E-state index contributed by atoms with van der Waals surface area (Å²) in [6.07, 6.45) is 0.0737. The third kappa shape index (κ3) is 8.98. The quantitative estimate of drug-likeness (QED) is 0.800. The van der Waals surface area contributed by atoms with Gasteiger partial charge < -0.3 is 15.2 Å². The third-order valence-electron chi connectivity index (χ3n) is 2.23. The zero-order valence-electron chi connectivity index (χ0n) is 12.1. The summed E-state index contributed by atoms with van der Waals surface area (Å²) < 4.78 is 5.20. The SMILES string of the molecule is CC(C)[C@@H](CC(C)(C)O)NC(=O)OC(C)(C)C. The van der Waals surface area contributed by atoms with Gasteiger partial charge in [0, 0.05) is 6.04 Å². The average molecular weight is 245 g/mol. The third-order valence-corrected chi connectivity index (χ3v) is 2.23. The summed E-state index contributed by atoms with van der Waals surface area (Å²) >= 11 is 0. The van der Waals surface area contributed by atoms with Crippen molar-refractivity contribution in [2.45, 2.75) is 72.1 Å². The van der Waals surface area contributed by atoms with Gasteiger partial charge in [-0.15, -0.1) is 0 Å². The van der Waals surface area contributed by atoms with E-state index in [1.807, 2.05) is 34.6 Å². The zero-order chi connectivity index (χ0) is 13.9. The monoisotopic (exact) mass is 245 g/mol. The topological polar surface area (TPSA) is 58.6 Å². The largest absolute Gasteiger partial charge is 0.444 e. The van der Waals surface area contributed by atoms with E-state index >= 15 is 0 Å². The normalized spacial score (nSPS) is 14.6. The fourth-order valence-electron chi connectivity index (χ4n) is 1.45. The number of rotatable bonds is 4. The molecule has 2 N–H and O–H groups in total. The molecule has 102 valence electrons. The molecular weight excluding hydrogens is 218 g/mol. The van der Waals surface area contributed by atoms with Crippen LogP contribution in [0.2, 0.25) is 0 Å². The molecule has 0 rings (SSSR count). The molecule has 0 bridgehead atoms. The summed E-state index contributed by atoms with van der Waals surface area (Å²) in [6, 6.07) is -0.0927. The summed E-state index contributed by atoms with van der Waals surface area (Å²) in [5.74, 6) is 0.244. The first-order valence-electron chi connectivity index (χ1n) is 6.12. The molecule has 0 heterocycles. The number of ether oxygens (including phenoxy) is 1. The number of alkyl carbamates (subject to hydrolysis) is 1. The minimum atomic E-state index is -0.802. The molecule has 0 aliphatic rings. The number of carbonyl (C=O) groups excluding carboxylic acids is 1. The molecule has 0 unspecified atom stereocenters. The lowest BCUT2D eigenvalue weighted by Crippen LogP contribution is -2.45. The maximum absolute atomic E-state index is 11.6. The van der Waals surface area contributed by atoms with E-state index in [0.29, 0.717) is 6.42 Å². The Balaban J connectivity index is 4.41. The molecule has 1 amide bonds. The number of carbonyl (C=O) groups is 1.